The van der Waals surface area contributed by atoms with Gasteiger partial charge in [0.1, 0.15) is 12.4 Å². The number of hydrogen-bond acceptors (Lipinski definition) is 3. The van der Waals surface area contributed by atoms with Gasteiger partial charge in [-0.15, -0.1) is 0 Å². The summed E-state index contributed by atoms with van der Waals surface area (Å²) in [6.45, 7) is 2.09. The van der Waals surface area contributed by atoms with Crippen LogP contribution in [0.5, 0.6) is 0 Å². The number of carbonyl (C=O) groups excluding carboxylic acids is 1. The van der Waals surface area contributed by atoms with Crippen LogP contribution in [0.2, 0.25) is 0 Å². The average Bonchev–Trinajstić information content (AvgIpc) is 2.83. The van der Waals surface area contributed by atoms with Crippen molar-refractivity contribution in [2.24, 2.45) is 5.73 Å². The Balaban J connectivity index is 2.08. The van der Waals surface area contributed by atoms with Crippen LogP contribution in [0.1, 0.15) is 24.9 Å². The molecule has 0 spiro atoms. The Hall–Kier alpha value is -2.37. The Labute approximate surface area is 116 Å². The Morgan fingerprint density at radius 2 is 2.15 bits per heavy atom. The van der Waals surface area contributed by atoms with Crippen LogP contribution in [0, 0.1) is 5.82 Å². The number of halogens is 1. The minimum absolute atomic E-state index is 0.0506. The number of aromatic nitrogens is 2. The molecule has 0 saturated carbocycles. The first kappa shape index (κ1) is 14.0. The monoisotopic (exact) mass is 276 g/mol. The van der Waals surface area contributed by atoms with E-state index in [1.807, 2.05) is 6.92 Å². The van der Waals surface area contributed by atoms with Crippen LogP contribution in [0.25, 0.3) is 0 Å². The molecule has 1 aromatic carbocycles. The van der Waals surface area contributed by atoms with Crippen LogP contribution in [-0.2, 0) is 11.3 Å². The van der Waals surface area contributed by atoms with Gasteiger partial charge in [0, 0.05) is 6.20 Å². The second-order valence-electron chi connectivity index (χ2n) is 4.55. The molecule has 2 aromatic rings. The molecule has 0 saturated heterocycles. The summed E-state index contributed by atoms with van der Waals surface area (Å²) in [6, 6.07) is 6.45. The van der Waals surface area contributed by atoms with Gasteiger partial charge in [0.15, 0.2) is 0 Å². The Bertz CT molecular complexity index is 579. The van der Waals surface area contributed by atoms with E-state index in [0.29, 0.717) is 0 Å². The van der Waals surface area contributed by atoms with Crippen molar-refractivity contribution >= 4 is 11.6 Å². The molecule has 0 radical (unpaired) electrons. The van der Waals surface area contributed by atoms with Gasteiger partial charge < -0.3 is 11.1 Å². The summed E-state index contributed by atoms with van der Waals surface area (Å²) >= 11 is 0. The van der Waals surface area contributed by atoms with Crippen LogP contribution < -0.4 is 11.1 Å². The maximum absolute atomic E-state index is 12.9. The van der Waals surface area contributed by atoms with E-state index in [4.69, 9.17) is 5.73 Å². The number of anilines is 1. The molecule has 20 heavy (non-hydrogen) atoms. The lowest BCUT2D eigenvalue weighted by Gasteiger charge is -2.17. The van der Waals surface area contributed by atoms with E-state index in [-0.39, 0.29) is 18.4 Å². The van der Waals surface area contributed by atoms with Crippen LogP contribution in [-0.4, -0.2) is 15.7 Å². The first-order valence-electron chi connectivity index (χ1n) is 6.41. The molecule has 1 amide bonds. The summed E-state index contributed by atoms with van der Waals surface area (Å²) in [5.41, 5.74) is 6.90. The lowest BCUT2D eigenvalue weighted by molar-refractivity contribution is -0.118. The van der Waals surface area contributed by atoms with Crippen molar-refractivity contribution in [3.63, 3.8) is 0 Å². The number of nitrogens with one attached hydrogen (secondary N) is 1. The van der Waals surface area contributed by atoms with Gasteiger partial charge in [-0.3, -0.25) is 9.48 Å². The molecular formula is C14H17FN4O. The normalized spacial score (nSPS) is 12.1. The zero-order valence-electron chi connectivity index (χ0n) is 11.2. The van der Waals surface area contributed by atoms with Crippen LogP contribution >= 0.6 is 0 Å². The zero-order chi connectivity index (χ0) is 14.5. The smallest absolute Gasteiger partial charge is 0.239 e. The third-order valence-corrected chi connectivity index (χ3v) is 2.97. The maximum Gasteiger partial charge on any atom is 0.239 e. The topological polar surface area (TPSA) is 72.9 Å². The highest BCUT2D eigenvalue weighted by atomic mass is 19.1. The van der Waals surface area contributed by atoms with Crippen molar-refractivity contribution in [1.82, 2.24) is 9.78 Å². The van der Waals surface area contributed by atoms with Gasteiger partial charge in [-0.25, -0.2) is 4.39 Å². The Morgan fingerprint density at radius 3 is 2.75 bits per heavy atom. The van der Waals surface area contributed by atoms with Crippen molar-refractivity contribution in [1.29, 1.82) is 0 Å². The van der Waals surface area contributed by atoms with Gasteiger partial charge in [-0.1, -0.05) is 19.1 Å². The van der Waals surface area contributed by atoms with Gasteiger partial charge >= 0.3 is 0 Å². The molecule has 2 rings (SSSR count). The maximum atomic E-state index is 12.9. The third-order valence-electron chi connectivity index (χ3n) is 2.97. The van der Waals surface area contributed by atoms with E-state index in [1.165, 1.54) is 16.8 Å². The highest BCUT2D eigenvalue weighted by Gasteiger charge is 2.10. The average molecular weight is 276 g/mol. The molecule has 106 valence electrons. The van der Waals surface area contributed by atoms with Gasteiger partial charge in [0.05, 0.1) is 17.9 Å². The lowest BCUT2D eigenvalue weighted by Crippen LogP contribution is -2.18. The Morgan fingerprint density at radius 1 is 1.45 bits per heavy atom. The summed E-state index contributed by atoms with van der Waals surface area (Å²) < 4.78 is 14.4. The predicted octanol–water partition coefficient (Wildman–Crippen LogP) is 2.07. The molecular weight excluding hydrogens is 259 g/mol. The van der Waals surface area contributed by atoms with Crippen molar-refractivity contribution in [2.75, 3.05) is 5.32 Å². The lowest BCUT2D eigenvalue weighted by atomic mass is 10.0. The van der Waals surface area contributed by atoms with E-state index in [1.54, 1.807) is 24.5 Å². The predicted molar refractivity (Wildman–Crippen MR) is 74.5 cm³/mol. The SMILES string of the molecule is CCC(Nc1cnn(CC(N)=O)c1)c1ccc(F)cc1. The van der Waals surface area contributed by atoms with Crippen molar-refractivity contribution in [3.05, 3.63) is 48.0 Å². The number of benzene rings is 1. The molecule has 1 unspecified atom stereocenters. The van der Waals surface area contributed by atoms with Gasteiger partial charge in [-0.05, 0) is 24.1 Å². The largest absolute Gasteiger partial charge is 0.376 e. The second-order valence-corrected chi connectivity index (χ2v) is 4.55. The number of rotatable bonds is 6. The number of amides is 1. The van der Waals surface area contributed by atoms with Crippen molar-refractivity contribution in [3.8, 4) is 0 Å². The van der Waals surface area contributed by atoms with Crippen LogP contribution in [0.4, 0.5) is 10.1 Å². The molecule has 0 bridgehead atoms. The summed E-state index contributed by atoms with van der Waals surface area (Å²) in [7, 11) is 0. The standard InChI is InChI=1S/C14H17FN4O/c1-2-13(10-3-5-11(15)6-4-10)18-12-7-17-19(8-12)9-14(16)20/h3-8,13,18H,2,9H2,1H3,(H2,16,20). The summed E-state index contributed by atoms with van der Waals surface area (Å²) in [5, 5.41) is 7.34. The van der Waals surface area contributed by atoms with Gasteiger partial charge in [0.2, 0.25) is 5.91 Å². The molecule has 0 aliphatic carbocycles. The first-order valence-corrected chi connectivity index (χ1v) is 6.41. The third kappa shape index (κ3) is 3.57. The van der Waals surface area contributed by atoms with Crippen molar-refractivity contribution < 1.29 is 9.18 Å². The first-order chi connectivity index (χ1) is 9.58. The second kappa shape index (κ2) is 6.18. The Kier molecular flexibility index (Phi) is 4.34. The fraction of sp³-hybridized carbons (Fsp3) is 0.286. The van der Waals surface area contributed by atoms with E-state index in [0.717, 1.165) is 17.7 Å². The molecule has 1 heterocycles. The molecule has 1 atom stereocenters. The van der Waals surface area contributed by atoms with E-state index < -0.39 is 5.91 Å². The van der Waals surface area contributed by atoms with E-state index >= 15 is 0 Å². The molecule has 0 aliphatic heterocycles. The van der Waals surface area contributed by atoms with E-state index in [2.05, 4.69) is 10.4 Å². The van der Waals surface area contributed by atoms with Gasteiger partial charge in [0.25, 0.3) is 0 Å². The number of nitrogens with zero attached hydrogens (tertiary/aromatic N) is 2. The minimum atomic E-state index is -0.440. The number of carbonyl (C=O) groups is 1. The van der Waals surface area contributed by atoms with Gasteiger partial charge in [-0.2, -0.15) is 5.10 Å². The van der Waals surface area contributed by atoms with E-state index in [9.17, 15) is 9.18 Å². The van der Waals surface area contributed by atoms with Crippen LogP contribution in [0.15, 0.2) is 36.7 Å². The fourth-order valence-electron chi connectivity index (χ4n) is 2.00. The number of hydrogen-bond donors (Lipinski definition) is 2. The fourth-order valence-corrected chi connectivity index (χ4v) is 2.00. The van der Waals surface area contributed by atoms with Crippen LogP contribution in [0.3, 0.4) is 0 Å². The number of nitrogens with two attached hydrogens (primary N) is 1. The highest BCUT2D eigenvalue weighted by Crippen LogP contribution is 2.22. The number of primary amides is 1. The molecule has 6 heteroatoms. The molecule has 1 aromatic heterocycles. The quantitative estimate of drug-likeness (QED) is 0.848. The highest BCUT2D eigenvalue weighted by molar-refractivity contribution is 5.73. The summed E-state index contributed by atoms with van der Waals surface area (Å²) in [6.07, 6.45) is 4.19. The summed E-state index contributed by atoms with van der Waals surface area (Å²) in [4.78, 5) is 10.8. The molecule has 3 N–H and O–H groups in total. The molecule has 5 nitrogen and oxygen atoms in total. The summed E-state index contributed by atoms with van der Waals surface area (Å²) in [5.74, 6) is -0.692. The molecule has 0 aliphatic rings. The zero-order valence-corrected chi connectivity index (χ0v) is 11.2. The molecule has 0 fully saturated rings. The van der Waals surface area contributed by atoms with Crippen molar-refractivity contribution in [2.45, 2.75) is 25.9 Å². The minimum Gasteiger partial charge on any atom is -0.376 e.